The lowest BCUT2D eigenvalue weighted by Crippen LogP contribution is -2.47. The molecule has 4 aliphatic rings. The summed E-state index contributed by atoms with van der Waals surface area (Å²) in [4.78, 5) is 41.0. The summed E-state index contributed by atoms with van der Waals surface area (Å²) >= 11 is 5.96. The monoisotopic (exact) mass is 457 g/mol. The number of nitrogens with zero attached hydrogens (tertiary/aromatic N) is 5. The molecular formula is C24H32ClN5O2. The van der Waals surface area contributed by atoms with Gasteiger partial charge in [0.25, 0.3) is 5.91 Å². The average Bonchev–Trinajstić information content (AvgIpc) is 3.02. The maximum Gasteiger partial charge on any atom is 0.257 e. The van der Waals surface area contributed by atoms with Crippen LogP contribution >= 0.6 is 11.6 Å². The Hall–Kier alpha value is -1.99. The highest BCUT2D eigenvalue weighted by Gasteiger charge is 2.49. The van der Waals surface area contributed by atoms with Crippen molar-refractivity contribution in [2.75, 3.05) is 44.2 Å². The number of allylic oxidation sites excluding steroid dienone is 1. The summed E-state index contributed by atoms with van der Waals surface area (Å²) in [6, 6.07) is 0. The molecule has 2 unspecified atom stereocenters. The van der Waals surface area contributed by atoms with Gasteiger partial charge in [-0.2, -0.15) is 0 Å². The molecule has 2 fully saturated rings. The number of carbonyl (C=O) groups excluding carboxylic acids is 2. The molecule has 2 amide bonds. The van der Waals surface area contributed by atoms with Crippen LogP contribution in [-0.4, -0.2) is 70.9 Å². The molecule has 0 spiro atoms. The highest BCUT2D eigenvalue weighted by atomic mass is 35.5. The summed E-state index contributed by atoms with van der Waals surface area (Å²) in [5.74, 6) is 1.20. The van der Waals surface area contributed by atoms with Crippen molar-refractivity contribution in [3.63, 3.8) is 0 Å². The quantitative estimate of drug-likeness (QED) is 0.482. The van der Waals surface area contributed by atoms with Gasteiger partial charge >= 0.3 is 0 Å². The molecule has 172 valence electrons. The van der Waals surface area contributed by atoms with Gasteiger partial charge in [-0.05, 0) is 57.4 Å². The van der Waals surface area contributed by atoms with Crippen LogP contribution in [0.3, 0.4) is 0 Å². The highest BCUT2D eigenvalue weighted by Crippen LogP contribution is 2.46. The van der Waals surface area contributed by atoms with Crippen molar-refractivity contribution < 1.29 is 9.59 Å². The van der Waals surface area contributed by atoms with Crippen LogP contribution < -0.4 is 4.90 Å². The molecule has 0 aromatic carbocycles. The summed E-state index contributed by atoms with van der Waals surface area (Å²) in [5.41, 5.74) is 2.18. The predicted octanol–water partition coefficient (Wildman–Crippen LogP) is 3.30. The Bertz CT molecular complexity index is 911. The van der Waals surface area contributed by atoms with Gasteiger partial charge in [0.2, 0.25) is 5.91 Å². The Kier molecular flexibility index (Phi) is 6.47. The van der Waals surface area contributed by atoms with Gasteiger partial charge in [-0.25, -0.2) is 4.98 Å². The van der Waals surface area contributed by atoms with E-state index < -0.39 is 0 Å². The van der Waals surface area contributed by atoms with Crippen molar-refractivity contribution in [1.82, 2.24) is 19.8 Å². The fourth-order valence-electron chi connectivity index (χ4n) is 5.96. The molecule has 2 saturated heterocycles. The molecule has 0 saturated carbocycles. The number of likely N-dealkylation sites (tertiary alicyclic amines) is 1. The first-order chi connectivity index (χ1) is 15.6. The van der Waals surface area contributed by atoms with E-state index in [1.807, 2.05) is 0 Å². The molecule has 0 N–H and O–H groups in total. The van der Waals surface area contributed by atoms with Gasteiger partial charge in [0.1, 0.15) is 11.0 Å². The Morgan fingerprint density at radius 1 is 0.969 bits per heavy atom. The van der Waals surface area contributed by atoms with Crippen molar-refractivity contribution in [1.29, 1.82) is 0 Å². The second-order valence-electron chi connectivity index (χ2n) is 9.57. The van der Waals surface area contributed by atoms with E-state index in [2.05, 4.69) is 19.8 Å². The number of halogens is 1. The number of unbranched alkanes of at least 4 members (excludes halogenated alkanes) is 1. The van der Waals surface area contributed by atoms with Crippen LogP contribution in [0.15, 0.2) is 23.5 Å². The lowest BCUT2D eigenvalue weighted by Gasteiger charge is -2.35. The molecule has 1 aromatic heterocycles. The molecule has 2 atom stereocenters. The number of anilines is 1. The summed E-state index contributed by atoms with van der Waals surface area (Å²) < 4.78 is 0. The van der Waals surface area contributed by atoms with Crippen LogP contribution in [0.5, 0.6) is 0 Å². The first-order valence-electron chi connectivity index (χ1n) is 12.1. The van der Waals surface area contributed by atoms with Gasteiger partial charge in [0.15, 0.2) is 0 Å². The second-order valence-corrected chi connectivity index (χ2v) is 9.96. The summed E-state index contributed by atoms with van der Waals surface area (Å²) in [6.45, 7) is 5.29. The van der Waals surface area contributed by atoms with Gasteiger partial charge < -0.3 is 4.90 Å². The molecule has 3 heterocycles. The first kappa shape index (κ1) is 21.8. The van der Waals surface area contributed by atoms with Crippen molar-refractivity contribution in [3.05, 3.63) is 28.7 Å². The van der Waals surface area contributed by atoms with Crippen molar-refractivity contribution in [2.24, 2.45) is 11.8 Å². The van der Waals surface area contributed by atoms with Crippen molar-refractivity contribution >= 4 is 29.2 Å². The number of hydrogen-bond donors (Lipinski definition) is 0. The molecule has 7 nitrogen and oxygen atoms in total. The Labute approximate surface area is 194 Å². The number of amides is 2. The third-order valence-electron chi connectivity index (χ3n) is 7.69. The number of rotatable bonds is 6. The maximum atomic E-state index is 13.1. The Balaban J connectivity index is 1.10. The topological polar surface area (TPSA) is 69.6 Å². The third kappa shape index (κ3) is 4.29. The fourth-order valence-corrected chi connectivity index (χ4v) is 6.10. The van der Waals surface area contributed by atoms with E-state index in [0.29, 0.717) is 17.6 Å². The minimum atomic E-state index is -0.130. The summed E-state index contributed by atoms with van der Waals surface area (Å²) in [7, 11) is 0. The van der Waals surface area contributed by atoms with Crippen LogP contribution in [0.4, 0.5) is 5.82 Å². The smallest absolute Gasteiger partial charge is 0.257 e. The minimum Gasteiger partial charge on any atom is -0.353 e. The molecule has 5 rings (SSSR count). The molecule has 2 bridgehead atoms. The zero-order valence-electron chi connectivity index (χ0n) is 18.6. The molecule has 1 aromatic rings. The molecular weight excluding hydrogens is 426 g/mol. The highest BCUT2D eigenvalue weighted by molar-refractivity contribution is 6.29. The zero-order chi connectivity index (χ0) is 22.1. The van der Waals surface area contributed by atoms with E-state index in [0.717, 1.165) is 82.6 Å². The fraction of sp³-hybridized carbons (Fsp3) is 0.667. The van der Waals surface area contributed by atoms with E-state index in [1.165, 1.54) is 18.4 Å². The van der Waals surface area contributed by atoms with Crippen LogP contribution in [0.2, 0.25) is 5.15 Å². The largest absolute Gasteiger partial charge is 0.353 e. The number of piperazine rings is 1. The van der Waals surface area contributed by atoms with Gasteiger partial charge in [-0.15, -0.1) is 0 Å². The molecule has 0 radical (unpaired) electrons. The van der Waals surface area contributed by atoms with Crippen LogP contribution in [0.25, 0.3) is 0 Å². The SMILES string of the molecule is O=C1C2=C3CCCCC(CC3)C2C(=O)N1CCCCN1CCN(c2cncc(Cl)n2)CC1. The van der Waals surface area contributed by atoms with Crippen LogP contribution in [0, 0.1) is 11.8 Å². The van der Waals surface area contributed by atoms with Gasteiger partial charge in [-0.1, -0.05) is 23.6 Å². The van der Waals surface area contributed by atoms with Crippen LogP contribution in [0.1, 0.15) is 51.4 Å². The first-order valence-corrected chi connectivity index (χ1v) is 12.5. The second kappa shape index (κ2) is 9.48. The third-order valence-corrected chi connectivity index (χ3v) is 7.87. The normalized spacial score (nSPS) is 26.5. The number of hydrogen-bond acceptors (Lipinski definition) is 6. The van der Waals surface area contributed by atoms with E-state index >= 15 is 0 Å². The molecule has 2 aliphatic carbocycles. The zero-order valence-corrected chi connectivity index (χ0v) is 19.4. The Morgan fingerprint density at radius 2 is 1.78 bits per heavy atom. The van der Waals surface area contributed by atoms with E-state index in [9.17, 15) is 9.59 Å². The van der Waals surface area contributed by atoms with Gasteiger partial charge in [-0.3, -0.25) is 24.4 Å². The molecule has 32 heavy (non-hydrogen) atoms. The number of aromatic nitrogens is 2. The number of carbonyl (C=O) groups is 2. The molecule has 8 heteroatoms. The average molecular weight is 458 g/mol. The predicted molar refractivity (Wildman–Crippen MR) is 123 cm³/mol. The summed E-state index contributed by atoms with van der Waals surface area (Å²) in [6.07, 6.45) is 11.8. The van der Waals surface area contributed by atoms with Crippen molar-refractivity contribution in [2.45, 2.75) is 51.4 Å². The van der Waals surface area contributed by atoms with E-state index in [4.69, 9.17) is 11.6 Å². The summed E-state index contributed by atoms with van der Waals surface area (Å²) in [5, 5.41) is 0.423. The van der Waals surface area contributed by atoms with E-state index in [-0.39, 0.29) is 17.7 Å². The lowest BCUT2D eigenvalue weighted by molar-refractivity contribution is -0.139. The van der Waals surface area contributed by atoms with Gasteiger partial charge in [0.05, 0.1) is 18.3 Å². The maximum absolute atomic E-state index is 13.1. The van der Waals surface area contributed by atoms with Gasteiger partial charge in [0, 0.05) is 38.3 Å². The molecule has 2 aliphatic heterocycles. The standard InChI is InChI=1S/C24H32ClN5O2/c25-19-15-26-16-20(27-19)29-13-11-28(12-14-29)9-3-4-10-30-23(31)21-17-5-1-2-6-18(8-7-17)22(21)24(30)32/h15-17,21H,1-14H2. The Morgan fingerprint density at radius 3 is 2.59 bits per heavy atom. The lowest BCUT2D eigenvalue weighted by atomic mass is 9.71. The van der Waals surface area contributed by atoms with Crippen LogP contribution in [-0.2, 0) is 9.59 Å². The van der Waals surface area contributed by atoms with E-state index in [1.54, 1.807) is 17.3 Å². The number of imide groups is 1. The minimum absolute atomic E-state index is 0.0258. The van der Waals surface area contributed by atoms with Crippen molar-refractivity contribution in [3.8, 4) is 0 Å².